The van der Waals surface area contributed by atoms with Crippen molar-refractivity contribution in [1.29, 1.82) is 0 Å². The third-order valence-electron chi connectivity index (χ3n) is 3.44. The van der Waals surface area contributed by atoms with Crippen LogP contribution in [0.3, 0.4) is 0 Å². The largest absolute Gasteiger partial charge is 0.504 e. The summed E-state index contributed by atoms with van der Waals surface area (Å²) in [5.41, 5.74) is 0.336. The number of ether oxygens (including phenoxy) is 2. The maximum atomic E-state index is 9.80. The second-order valence-corrected chi connectivity index (χ2v) is 5.08. The second-order valence-electron chi connectivity index (χ2n) is 5.08. The molecule has 0 radical (unpaired) electrons. The average molecular weight is 329 g/mol. The van der Waals surface area contributed by atoms with Gasteiger partial charge in [-0.1, -0.05) is 18.2 Å². The summed E-state index contributed by atoms with van der Waals surface area (Å²) in [5.74, 6) is -0.662. The average Bonchev–Trinajstić information content (AvgIpc) is 2.57. The Bertz CT molecular complexity index is 591. The molecule has 0 saturated carbocycles. The van der Waals surface area contributed by atoms with Gasteiger partial charge in [-0.05, 0) is 17.7 Å². The lowest BCUT2D eigenvalue weighted by Gasteiger charge is -2.39. The number of rotatable bonds is 5. The molecule has 23 heavy (non-hydrogen) atoms. The Morgan fingerprint density at radius 1 is 1.13 bits per heavy atom. The first kappa shape index (κ1) is 16.2. The number of hydrogen-bond acceptors (Lipinski definition) is 8. The second kappa shape index (κ2) is 7.73. The lowest BCUT2D eigenvalue weighted by molar-refractivity contribution is -0.298. The lowest BCUT2D eigenvalue weighted by Crippen LogP contribution is -2.59. The summed E-state index contributed by atoms with van der Waals surface area (Å²) in [6, 6.07) is 3.88. The summed E-state index contributed by atoms with van der Waals surface area (Å²) >= 11 is 0. The molecule has 1 aliphatic heterocycles. The van der Waals surface area contributed by atoms with Crippen LogP contribution >= 0.6 is 0 Å². The fourth-order valence-electron chi connectivity index (χ4n) is 2.12. The van der Waals surface area contributed by atoms with E-state index in [9.17, 15) is 25.5 Å². The first-order valence-electron chi connectivity index (χ1n) is 7.46. The van der Waals surface area contributed by atoms with Crippen LogP contribution in [0.15, 0.2) is 24.3 Å². The quantitative estimate of drug-likeness (QED) is 0.375. The Labute approximate surface area is 133 Å². The zero-order valence-electron chi connectivity index (χ0n) is 13.1. The van der Waals surface area contributed by atoms with Gasteiger partial charge in [-0.2, -0.15) is 0 Å². The van der Waals surface area contributed by atoms with Crippen molar-refractivity contribution in [2.75, 3.05) is 13.2 Å². The number of aliphatic hydroxyl groups excluding tert-OH is 4. The van der Waals surface area contributed by atoms with Crippen molar-refractivity contribution in [3.05, 3.63) is 29.8 Å². The summed E-state index contributed by atoms with van der Waals surface area (Å²) in [6.07, 6.45) is -5.53. The van der Waals surface area contributed by atoms with Gasteiger partial charge in [0.15, 0.2) is 17.8 Å². The van der Waals surface area contributed by atoms with Gasteiger partial charge < -0.3 is 40.1 Å². The van der Waals surface area contributed by atoms with Crippen LogP contribution in [0.1, 0.15) is 6.93 Å². The molecule has 0 bridgehead atoms. The maximum absolute atomic E-state index is 9.80. The molecule has 0 spiro atoms. The van der Waals surface area contributed by atoms with E-state index in [0.29, 0.717) is 5.56 Å². The highest BCUT2D eigenvalue weighted by molar-refractivity contribution is 5.55. The van der Waals surface area contributed by atoms with Gasteiger partial charge in [-0.15, -0.1) is 0 Å². The van der Waals surface area contributed by atoms with Crippen molar-refractivity contribution >= 4 is 6.05 Å². The molecule has 5 atom stereocenters. The first-order valence-corrected chi connectivity index (χ1v) is 6.96. The Morgan fingerprint density at radius 3 is 2.52 bits per heavy atom. The molecule has 128 valence electrons. The van der Waals surface area contributed by atoms with Crippen LogP contribution in [-0.4, -0.2) is 74.6 Å². The zero-order valence-corrected chi connectivity index (χ0v) is 12.1. The summed E-state index contributed by atoms with van der Waals surface area (Å²) in [6.45, 7) is -0.722. The minimum atomic E-state index is -1.53. The van der Waals surface area contributed by atoms with Crippen LogP contribution in [0.25, 0.3) is 6.05 Å². The summed E-state index contributed by atoms with van der Waals surface area (Å²) in [4.78, 5) is 0. The van der Waals surface area contributed by atoms with Crippen LogP contribution in [0.2, 0.25) is 0 Å². The summed E-state index contributed by atoms with van der Waals surface area (Å²) in [5, 5.41) is 56.8. The zero-order chi connectivity index (χ0) is 17.9. The third kappa shape index (κ3) is 4.20. The van der Waals surface area contributed by atoms with Gasteiger partial charge in [-0.25, -0.2) is 0 Å². The molecule has 8 heteroatoms. The van der Waals surface area contributed by atoms with Crippen LogP contribution in [0.4, 0.5) is 0 Å². The van der Waals surface area contributed by atoms with Gasteiger partial charge >= 0.3 is 0 Å². The van der Waals surface area contributed by atoms with Crippen LogP contribution in [0.5, 0.6) is 11.5 Å². The first-order chi connectivity index (χ1) is 11.3. The molecule has 1 fully saturated rings. The Kier molecular flexibility index (Phi) is 5.44. The SMILES string of the molecule is [2H]/C(=C\COC1O[C@H](CO)[C@@H](O)[C@H](O)[C@H]1O)c1ccc(O)c(O)c1. The predicted octanol–water partition coefficient (Wildman–Crippen LogP) is -1.07. The van der Waals surface area contributed by atoms with E-state index >= 15 is 0 Å². The van der Waals surface area contributed by atoms with E-state index in [0.717, 1.165) is 0 Å². The van der Waals surface area contributed by atoms with E-state index in [1.165, 1.54) is 24.3 Å². The van der Waals surface area contributed by atoms with Crippen LogP contribution < -0.4 is 0 Å². The van der Waals surface area contributed by atoms with E-state index in [1.54, 1.807) is 0 Å². The Morgan fingerprint density at radius 2 is 1.87 bits per heavy atom. The van der Waals surface area contributed by atoms with E-state index in [4.69, 9.17) is 16.0 Å². The normalized spacial score (nSPS) is 32.6. The van der Waals surface area contributed by atoms with E-state index in [2.05, 4.69) is 0 Å². The minimum absolute atomic E-state index is 0.00473. The highest BCUT2D eigenvalue weighted by Gasteiger charge is 2.43. The standard InChI is InChI=1S/C15H20O8/c16-7-11-12(19)13(20)14(21)15(23-11)22-5-1-2-8-3-4-9(17)10(18)6-8/h1-4,6,11-21H,5,7H2/b2-1+/t11-,12-,13+,14-,15?/m1/s1/i2D. The van der Waals surface area contributed by atoms with Gasteiger partial charge in [0.25, 0.3) is 0 Å². The molecule has 2 rings (SSSR count). The van der Waals surface area contributed by atoms with Crippen molar-refractivity contribution < 1.29 is 41.5 Å². The monoisotopic (exact) mass is 329 g/mol. The molecule has 1 saturated heterocycles. The topological polar surface area (TPSA) is 140 Å². The highest BCUT2D eigenvalue weighted by atomic mass is 16.7. The van der Waals surface area contributed by atoms with E-state index in [1.807, 2.05) is 0 Å². The van der Waals surface area contributed by atoms with Crippen molar-refractivity contribution in [3.63, 3.8) is 0 Å². The van der Waals surface area contributed by atoms with Gasteiger partial charge in [0.05, 0.1) is 14.6 Å². The molecule has 0 aromatic heterocycles. The molecule has 1 aromatic carbocycles. The van der Waals surface area contributed by atoms with Crippen molar-refractivity contribution in [2.45, 2.75) is 30.7 Å². The van der Waals surface area contributed by atoms with Crippen LogP contribution in [0, 0.1) is 0 Å². The van der Waals surface area contributed by atoms with Crippen molar-refractivity contribution in [1.82, 2.24) is 0 Å². The van der Waals surface area contributed by atoms with Crippen LogP contribution in [-0.2, 0) is 9.47 Å². The summed E-state index contributed by atoms with van der Waals surface area (Å²) in [7, 11) is 0. The third-order valence-corrected chi connectivity index (χ3v) is 3.44. The Hall–Kier alpha value is -1.68. The molecule has 0 aliphatic carbocycles. The lowest BCUT2D eigenvalue weighted by atomic mass is 9.99. The number of aliphatic hydroxyl groups is 4. The molecule has 8 nitrogen and oxygen atoms in total. The molecule has 1 unspecified atom stereocenters. The molecule has 6 N–H and O–H groups in total. The predicted molar refractivity (Wildman–Crippen MR) is 78.5 cm³/mol. The van der Waals surface area contributed by atoms with Gasteiger partial charge in [-0.3, -0.25) is 0 Å². The maximum Gasteiger partial charge on any atom is 0.187 e. The van der Waals surface area contributed by atoms with Crippen molar-refractivity contribution in [2.24, 2.45) is 0 Å². The fourth-order valence-corrected chi connectivity index (χ4v) is 2.12. The number of phenols is 2. The van der Waals surface area contributed by atoms with Gasteiger partial charge in [0.1, 0.15) is 24.4 Å². The van der Waals surface area contributed by atoms with E-state index < -0.39 is 37.3 Å². The molecule has 1 heterocycles. The van der Waals surface area contributed by atoms with Crippen molar-refractivity contribution in [3.8, 4) is 11.5 Å². The number of benzene rings is 1. The molecule has 1 aliphatic rings. The Balaban J connectivity index is 1.97. The fraction of sp³-hybridized carbons (Fsp3) is 0.467. The number of aromatic hydroxyl groups is 2. The van der Waals surface area contributed by atoms with Gasteiger partial charge in [0.2, 0.25) is 0 Å². The van der Waals surface area contributed by atoms with Gasteiger partial charge in [0, 0.05) is 0 Å². The molecule has 1 aromatic rings. The smallest absolute Gasteiger partial charge is 0.187 e. The minimum Gasteiger partial charge on any atom is -0.504 e. The number of phenolic OH excluding ortho intramolecular Hbond substituents is 2. The summed E-state index contributed by atoms with van der Waals surface area (Å²) < 4.78 is 18.2. The molecular formula is C15H20O8. The molecule has 0 amide bonds. The number of hydrogen-bond donors (Lipinski definition) is 6. The van der Waals surface area contributed by atoms with E-state index in [-0.39, 0.29) is 24.2 Å². The molecular weight excluding hydrogens is 308 g/mol. The highest BCUT2D eigenvalue weighted by Crippen LogP contribution is 2.25.